The van der Waals surface area contributed by atoms with Crippen molar-refractivity contribution in [1.29, 1.82) is 0 Å². The summed E-state index contributed by atoms with van der Waals surface area (Å²) in [4.78, 5) is 19.0. The van der Waals surface area contributed by atoms with Crippen LogP contribution < -0.4 is 0 Å². The number of benzene rings is 2. The second kappa shape index (κ2) is 12.2. The lowest BCUT2D eigenvalue weighted by atomic mass is 10.1. The van der Waals surface area contributed by atoms with E-state index >= 15 is 0 Å². The average Bonchev–Trinajstić information content (AvgIpc) is 3.18. The van der Waals surface area contributed by atoms with Crippen molar-refractivity contribution >= 4 is 15.6 Å². The summed E-state index contributed by atoms with van der Waals surface area (Å²) in [5, 5.41) is 0. The molecule has 188 valence electrons. The molecule has 0 saturated carbocycles. The van der Waals surface area contributed by atoms with Gasteiger partial charge in [-0.1, -0.05) is 38.1 Å². The van der Waals surface area contributed by atoms with Crippen molar-refractivity contribution in [2.75, 3.05) is 18.8 Å². The Hall–Kier alpha value is -2.84. The predicted molar refractivity (Wildman–Crippen MR) is 135 cm³/mol. The van der Waals surface area contributed by atoms with Crippen molar-refractivity contribution in [3.05, 3.63) is 76.9 Å². The highest BCUT2D eigenvalue weighted by atomic mass is 32.2. The van der Waals surface area contributed by atoms with Crippen LogP contribution in [-0.2, 0) is 33.4 Å². The average molecular weight is 501 g/mol. The van der Waals surface area contributed by atoms with E-state index in [4.69, 9.17) is 4.42 Å². The van der Waals surface area contributed by atoms with Crippen molar-refractivity contribution in [2.24, 2.45) is 0 Å². The van der Waals surface area contributed by atoms with Crippen LogP contribution in [0.3, 0.4) is 0 Å². The minimum Gasteiger partial charge on any atom is -0.441 e. The van der Waals surface area contributed by atoms with Crippen LogP contribution in [0.5, 0.6) is 0 Å². The standard InChI is InChI=1S/C27H33FN2O4S/c1-4-30(5-2)17-22-9-13-23(14-10-22)27-29-26(20(3)34-27)19-35(32,33)18-25(31)8-6-7-21-11-15-24(28)16-12-21/h9-16H,4-8,17-19H2,1-3H3. The number of ketones is 1. The second-order valence-electron chi connectivity index (χ2n) is 8.73. The van der Waals surface area contributed by atoms with Crippen LogP contribution in [0.1, 0.15) is 49.3 Å². The van der Waals surface area contributed by atoms with E-state index in [2.05, 4.69) is 23.7 Å². The highest BCUT2D eigenvalue weighted by molar-refractivity contribution is 7.91. The molecule has 0 unspecified atom stereocenters. The van der Waals surface area contributed by atoms with E-state index in [0.717, 1.165) is 30.8 Å². The first-order valence-corrected chi connectivity index (χ1v) is 13.8. The van der Waals surface area contributed by atoms with Gasteiger partial charge in [0, 0.05) is 18.5 Å². The summed E-state index contributed by atoms with van der Waals surface area (Å²) in [6.45, 7) is 8.76. The number of rotatable bonds is 13. The topological polar surface area (TPSA) is 80.5 Å². The smallest absolute Gasteiger partial charge is 0.226 e. The van der Waals surface area contributed by atoms with E-state index in [1.165, 1.54) is 17.7 Å². The summed E-state index contributed by atoms with van der Waals surface area (Å²) >= 11 is 0. The van der Waals surface area contributed by atoms with Gasteiger partial charge in [-0.3, -0.25) is 9.69 Å². The third-order valence-electron chi connectivity index (χ3n) is 5.97. The van der Waals surface area contributed by atoms with Crippen LogP contribution in [0, 0.1) is 12.7 Å². The van der Waals surface area contributed by atoms with Crippen LogP contribution in [0.15, 0.2) is 52.9 Å². The monoisotopic (exact) mass is 500 g/mol. The number of oxazole rings is 1. The van der Waals surface area contributed by atoms with Gasteiger partial charge < -0.3 is 4.42 Å². The largest absolute Gasteiger partial charge is 0.441 e. The maximum absolute atomic E-state index is 13.0. The number of carbonyl (C=O) groups excluding carboxylic acids is 1. The zero-order valence-electron chi connectivity index (χ0n) is 20.6. The van der Waals surface area contributed by atoms with Gasteiger partial charge in [0.15, 0.2) is 9.84 Å². The lowest BCUT2D eigenvalue weighted by Crippen LogP contribution is -2.21. The van der Waals surface area contributed by atoms with Gasteiger partial charge in [-0.2, -0.15) is 0 Å². The van der Waals surface area contributed by atoms with Crippen molar-refractivity contribution in [2.45, 2.75) is 52.3 Å². The summed E-state index contributed by atoms with van der Waals surface area (Å²) < 4.78 is 44.0. The Morgan fingerprint density at radius 1 is 1.00 bits per heavy atom. The Kier molecular flexibility index (Phi) is 9.34. The van der Waals surface area contributed by atoms with E-state index in [1.54, 1.807) is 19.1 Å². The van der Waals surface area contributed by atoms with Crippen LogP contribution in [0.25, 0.3) is 11.5 Å². The molecule has 0 aliphatic heterocycles. The normalized spacial score (nSPS) is 11.8. The molecule has 0 fully saturated rings. The molecule has 0 atom stereocenters. The predicted octanol–water partition coefficient (Wildman–Crippen LogP) is 5.14. The second-order valence-corrected chi connectivity index (χ2v) is 10.8. The Balaban J connectivity index is 1.56. The molecule has 0 amide bonds. The van der Waals surface area contributed by atoms with Gasteiger partial charge >= 0.3 is 0 Å². The van der Waals surface area contributed by atoms with Gasteiger partial charge in [0.1, 0.15) is 23.1 Å². The minimum atomic E-state index is -3.68. The van der Waals surface area contributed by atoms with E-state index in [-0.39, 0.29) is 23.8 Å². The van der Waals surface area contributed by atoms with Crippen LogP contribution in [0.2, 0.25) is 0 Å². The van der Waals surface area contributed by atoms with Crippen molar-refractivity contribution in [3.8, 4) is 11.5 Å². The molecular formula is C27H33FN2O4S. The number of sulfone groups is 1. The van der Waals surface area contributed by atoms with Gasteiger partial charge in [0.25, 0.3) is 0 Å². The Labute approximate surface area is 207 Å². The molecular weight excluding hydrogens is 467 g/mol. The number of halogens is 1. The zero-order chi connectivity index (χ0) is 25.4. The molecule has 3 aromatic rings. The highest BCUT2D eigenvalue weighted by Crippen LogP contribution is 2.24. The summed E-state index contributed by atoms with van der Waals surface area (Å²) in [6, 6.07) is 14.0. The summed E-state index contributed by atoms with van der Waals surface area (Å²) in [5.41, 5.74) is 3.19. The lowest BCUT2D eigenvalue weighted by molar-refractivity contribution is -0.116. The molecule has 0 saturated heterocycles. The van der Waals surface area contributed by atoms with Crippen molar-refractivity contribution in [1.82, 2.24) is 9.88 Å². The molecule has 0 aliphatic rings. The quantitative estimate of drug-likeness (QED) is 0.323. The maximum atomic E-state index is 13.0. The fourth-order valence-electron chi connectivity index (χ4n) is 3.86. The first kappa shape index (κ1) is 26.8. The van der Waals surface area contributed by atoms with Gasteiger partial charge in [-0.15, -0.1) is 0 Å². The van der Waals surface area contributed by atoms with Gasteiger partial charge in [-0.05, 0) is 68.2 Å². The van der Waals surface area contributed by atoms with Crippen LogP contribution in [0.4, 0.5) is 4.39 Å². The van der Waals surface area contributed by atoms with Crippen LogP contribution >= 0.6 is 0 Å². The number of Topliss-reactive ketones (excluding diaryl/α,β-unsaturated/α-hetero) is 1. The molecule has 0 N–H and O–H groups in total. The van der Waals surface area contributed by atoms with Crippen LogP contribution in [-0.4, -0.2) is 42.9 Å². The fourth-order valence-corrected chi connectivity index (χ4v) is 5.28. The number of aromatic nitrogens is 1. The van der Waals surface area contributed by atoms with Gasteiger partial charge in [0.2, 0.25) is 5.89 Å². The van der Waals surface area contributed by atoms with E-state index in [1.807, 2.05) is 24.3 Å². The molecule has 0 spiro atoms. The molecule has 0 radical (unpaired) electrons. The Morgan fingerprint density at radius 3 is 2.26 bits per heavy atom. The molecule has 35 heavy (non-hydrogen) atoms. The molecule has 6 nitrogen and oxygen atoms in total. The van der Waals surface area contributed by atoms with Crippen molar-refractivity contribution < 1.29 is 22.0 Å². The molecule has 3 rings (SSSR count). The van der Waals surface area contributed by atoms with E-state index < -0.39 is 15.6 Å². The Bertz CT molecular complexity index is 1220. The third kappa shape index (κ3) is 8.11. The fraction of sp³-hybridized carbons (Fsp3) is 0.407. The minimum absolute atomic E-state index is 0.152. The molecule has 0 aliphatic carbocycles. The lowest BCUT2D eigenvalue weighted by Gasteiger charge is -2.17. The SMILES string of the molecule is CCN(CC)Cc1ccc(-c2nc(CS(=O)(=O)CC(=O)CCCc3ccc(F)cc3)c(C)o2)cc1. The number of hydrogen-bond acceptors (Lipinski definition) is 6. The number of nitrogens with zero attached hydrogens (tertiary/aromatic N) is 2. The third-order valence-corrected chi connectivity index (χ3v) is 7.44. The molecule has 2 aromatic carbocycles. The van der Waals surface area contributed by atoms with Gasteiger partial charge in [-0.25, -0.2) is 17.8 Å². The number of carbonyl (C=O) groups is 1. The number of aryl methyl sites for hydroxylation is 2. The van der Waals surface area contributed by atoms with Crippen molar-refractivity contribution in [3.63, 3.8) is 0 Å². The van der Waals surface area contributed by atoms with Gasteiger partial charge in [0.05, 0.1) is 11.4 Å². The first-order chi connectivity index (χ1) is 16.7. The summed E-state index contributed by atoms with van der Waals surface area (Å²) in [6.07, 6.45) is 1.25. The molecule has 1 aromatic heterocycles. The molecule has 1 heterocycles. The zero-order valence-corrected chi connectivity index (χ0v) is 21.4. The first-order valence-electron chi connectivity index (χ1n) is 11.9. The van der Waals surface area contributed by atoms with E-state index in [0.29, 0.717) is 30.2 Å². The summed E-state index contributed by atoms with van der Waals surface area (Å²) in [7, 11) is -3.68. The summed E-state index contributed by atoms with van der Waals surface area (Å²) in [5.74, 6) is -0.719. The highest BCUT2D eigenvalue weighted by Gasteiger charge is 2.22. The molecule has 0 bridgehead atoms. The Morgan fingerprint density at radius 2 is 1.63 bits per heavy atom. The number of hydrogen-bond donors (Lipinski definition) is 0. The molecule has 8 heteroatoms. The van der Waals surface area contributed by atoms with E-state index in [9.17, 15) is 17.6 Å². The maximum Gasteiger partial charge on any atom is 0.226 e.